The van der Waals surface area contributed by atoms with Crippen molar-refractivity contribution >= 4 is 22.5 Å². The minimum Gasteiger partial charge on any atom is -0.497 e. The van der Waals surface area contributed by atoms with Crippen molar-refractivity contribution in [2.45, 2.75) is 19.8 Å². The summed E-state index contributed by atoms with van der Waals surface area (Å²) in [6.45, 7) is 2.85. The van der Waals surface area contributed by atoms with Crippen molar-refractivity contribution in [1.82, 2.24) is 19.9 Å². The summed E-state index contributed by atoms with van der Waals surface area (Å²) in [6, 6.07) is 18.6. The fourth-order valence-electron chi connectivity index (χ4n) is 4.50. The molecule has 0 unspecified atom stereocenters. The molecule has 7 heteroatoms. The maximum Gasteiger partial charge on any atom is 0.198 e. The quantitative estimate of drug-likeness (QED) is 0.390. The zero-order valence-electron chi connectivity index (χ0n) is 18.5. The molecular weight excluding hydrogens is 414 g/mol. The van der Waals surface area contributed by atoms with Gasteiger partial charge in [-0.3, -0.25) is 0 Å². The predicted octanol–water partition coefficient (Wildman–Crippen LogP) is 5.68. The summed E-state index contributed by atoms with van der Waals surface area (Å²) in [6.07, 6.45) is 3.84. The van der Waals surface area contributed by atoms with E-state index in [4.69, 9.17) is 14.1 Å². The lowest BCUT2D eigenvalue weighted by atomic mass is 10.00. The molecule has 0 fully saturated rings. The third-order valence-corrected chi connectivity index (χ3v) is 6.07. The number of imidazole rings is 1. The lowest BCUT2D eigenvalue weighted by Gasteiger charge is -2.32. The standard InChI is InChI=1S/C26H23N5O2/c1-16-9-10-22(33-16)25-29-23(24-26(30-25)28-15-27-24)18-12-19(14-20(13-18)32-2)31-11-5-7-17-6-3-4-8-21(17)31/h3-4,6,8-10,12-15H,5,7,11H2,1-2H3,(H,27,28,29,30). The smallest absolute Gasteiger partial charge is 0.198 e. The van der Waals surface area contributed by atoms with Crippen LogP contribution in [0.1, 0.15) is 17.7 Å². The number of aromatic nitrogens is 4. The van der Waals surface area contributed by atoms with Crippen LogP contribution in [0.4, 0.5) is 11.4 Å². The summed E-state index contributed by atoms with van der Waals surface area (Å²) < 4.78 is 11.5. The van der Waals surface area contributed by atoms with Crippen molar-refractivity contribution in [2.75, 3.05) is 18.6 Å². The van der Waals surface area contributed by atoms with Crippen LogP contribution >= 0.6 is 0 Å². The molecule has 1 aliphatic rings. The topological polar surface area (TPSA) is 80.1 Å². The van der Waals surface area contributed by atoms with Crippen LogP contribution in [0.5, 0.6) is 5.75 Å². The normalized spacial score (nSPS) is 13.3. The lowest BCUT2D eigenvalue weighted by Crippen LogP contribution is -2.24. The third-order valence-electron chi connectivity index (χ3n) is 6.07. The molecule has 4 heterocycles. The number of aryl methyl sites for hydroxylation is 2. The second kappa shape index (κ2) is 7.78. The lowest BCUT2D eigenvalue weighted by molar-refractivity contribution is 0.415. The predicted molar refractivity (Wildman–Crippen MR) is 128 cm³/mol. The summed E-state index contributed by atoms with van der Waals surface area (Å²) in [5.74, 6) is 2.70. The van der Waals surface area contributed by atoms with E-state index in [1.807, 2.05) is 25.1 Å². The van der Waals surface area contributed by atoms with Crippen molar-refractivity contribution in [2.24, 2.45) is 0 Å². The first kappa shape index (κ1) is 19.5. The van der Waals surface area contributed by atoms with E-state index in [1.165, 1.54) is 11.3 Å². The van der Waals surface area contributed by atoms with E-state index in [0.29, 0.717) is 17.2 Å². The molecule has 3 aromatic heterocycles. The van der Waals surface area contributed by atoms with Gasteiger partial charge in [0.25, 0.3) is 0 Å². The van der Waals surface area contributed by atoms with Crippen LogP contribution in [0.15, 0.2) is 65.3 Å². The van der Waals surface area contributed by atoms with Gasteiger partial charge >= 0.3 is 0 Å². The highest BCUT2D eigenvalue weighted by atomic mass is 16.5. The highest BCUT2D eigenvalue weighted by Crippen LogP contribution is 2.38. The molecule has 164 valence electrons. The number of H-pyrrole nitrogens is 1. The van der Waals surface area contributed by atoms with E-state index in [9.17, 15) is 0 Å². The van der Waals surface area contributed by atoms with Crippen LogP contribution in [-0.4, -0.2) is 33.6 Å². The van der Waals surface area contributed by atoms with Gasteiger partial charge in [-0.15, -0.1) is 0 Å². The molecule has 7 nitrogen and oxygen atoms in total. The van der Waals surface area contributed by atoms with Crippen molar-refractivity contribution in [1.29, 1.82) is 0 Å². The average Bonchev–Trinajstić information content (AvgIpc) is 3.51. The second-order valence-corrected chi connectivity index (χ2v) is 8.21. The van der Waals surface area contributed by atoms with Crippen LogP contribution in [0.3, 0.4) is 0 Å². The Labute approximate surface area is 191 Å². The number of ether oxygens (including phenoxy) is 1. The Morgan fingerprint density at radius 1 is 1.06 bits per heavy atom. The molecule has 0 bridgehead atoms. The number of hydrogen-bond acceptors (Lipinski definition) is 6. The van der Waals surface area contributed by atoms with Gasteiger partial charge in [0, 0.05) is 29.5 Å². The Morgan fingerprint density at radius 2 is 1.97 bits per heavy atom. The Bertz CT molecular complexity index is 1470. The molecule has 0 aliphatic carbocycles. The molecule has 0 spiro atoms. The van der Waals surface area contributed by atoms with Gasteiger partial charge in [-0.1, -0.05) is 18.2 Å². The SMILES string of the molecule is COc1cc(-c2nc(-c3ccc(C)o3)nc3nc[nH]c23)cc(N2CCCc3ccccc32)c1. The number of aromatic amines is 1. The van der Waals surface area contributed by atoms with E-state index in [1.54, 1.807) is 13.4 Å². The molecule has 0 radical (unpaired) electrons. The van der Waals surface area contributed by atoms with E-state index >= 15 is 0 Å². The molecular formula is C26H23N5O2. The first-order chi connectivity index (χ1) is 16.2. The van der Waals surface area contributed by atoms with Gasteiger partial charge in [0.2, 0.25) is 0 Å². The van der Waals surface area contributed by atoms with E-state index in [-0.39, 0.29) is 0 Å². The summed E-state index contributed by atoms with van der Waals surface area (Å²) in [5.41, 5.74) is 6.72. The molecule has 33 heavy (non-hydrogen) atoms. The second-order valence-electron chi connectivity index (χ2n) is 8.21. The number of nitrogens with one attached hydrogen (secondary N) is 1. The number of fused-ring (bicyclic) bond motifs is 2. The maximum absolute atomic E-state index is 5.79. The van der Waals surface area contributed by atoms with Crippen molar-refractivity contribution in [3.63, 3.8) is 0 Å². The monoisotopic (exact) mass is 437 g/mol. The summed E-state index contributed by atoms with van der Waals surface area (Å²) >= 11 is 0. The number of hydrogen-bond donors (Lipinski definition) is 1. The molecule has 0 amide bonds. The number of benzene rings is 2. The highest BCUT2D eigenvalue weighted by Gasteiger charge is 2.21. The first-order valence-corrected chi connectivity index (χ1v) is 11.0. The molecule has 0 saturated heterocycles. The molecule has 1 N–H and O–H groups in total. The Balaban J connectivity index is 1.53. The van der Waals surface area contributed by atoms with Crippen molar-refractivity contribution in [3.8, 4) is 28.6 Å². The molecule has 2 aromatic carbocycles. The number of nitrogens with zero attached hydrogens (tertiary/aromatic N) is 4. The molecule has 5 aromatic rings. The van der Waals surface area contributed by atoms with Crippen molar-refractivity contribution < 1.29 is 9.15 Å². The first-order valence-electron chi connectivity index (χ1n) is 11.0. The Hall–Kier alpha value is -4.13. The summed E-state index contributed by atoms with van der Waals surface area (Å²) in [5, 5.41) is 0. The minimum atomic E-state index is 0.505. The summed E-state index contributed by atoms with van der Waals surface area (Å²) in [7, 11) is 1.69. The maximum atomic E-state index is 5.79. The zero-order valence-corrected chi connectivity index (χ0v) is 18.5. The van der Waals surface area contributed by atoms with Gasteiger partial charge in [-0.05, 0) is 55.7 Å². The van der Waals surface area contributed by atoms with Crippen LogP contribution in [-0.2, 0) is 6.42 Å². The Kier molecular flexibility index (Phi) is 4.61. The molecule has 0 saturated carbocycles. The molecule has 6 rings (SSSR count). The zero-order chi connectivity index (χ0) is 22.4. The van der Waals surface area contributed by atoms with Crippen LogP contribution in [0.2, 0.25) is 0 Å². The largest absolute Gasteiger partial charge is 0.497 e. The highest BCUT2D eigenvalue weighted by molar-refractivity contribution is 5.90. The van der Waals surface area contributed by atoms with E-state index in [2.05, 4.69) is 56.3 Å². The fraction of sp³-hybridized carbons (Fsp3) is 0.192. The van der Waals surface area contributed by atoms with Gasteiger partial charge in [0.1, 0.15) is 22.7 Å². The van der Waals surface area contributed by atoms with Crippen molar-refractivity contribution in [3.05, 3.63) is 72.2 Å². The number of para-hydroxylation sites is 1. The molecule has 1 aliphatic heterocycles. The number of anilines is 2. The summed E-state index contributed by atoms with van der Waals surface area (Å²) in [4.78, 5) is 19.4. The van der Waals surface area contributed by atoms with E-state index in [0.717, 1.165) is 53.4 Å². The number of methoxy groups -OCH3 is 1. The fourth-order valence-corrected chi connectivity index (χ4v) is 4.50. The van der Waals surface area contributed by atoms with Crippen LogP contribution in [0.25, 0.3) is 34.0 Å². The molecule has 0 atom stereocenters. The number of rotatable bonds is 4. The van der Waals surface area contributed by atoms with Crippen LogP contribution < -0.4 is 9.64 Å². The average molecular weight is 438 g/mol. The number of furan rings is 1. The van der Waals surface area contributed by atoms with E-state index < -0.39 is 0 Å². The van der Waals surface area contributed by atoms with Gasteiger partial charge in [0.15, 0.2) is 17.2 Å². The van der Waals surface area contributed by atoms with Crippen LogP contribution in [0, 0.1) is 6.92 Å². The Morgan fingerprint density at radius 3 is 2.82 bits per heavy atom. The van der Waals surface area contributed by atoms with Gasteiger partial charge in [-0.25, -0.2) is 15.0 Å². The minimum absolute atomic E-state index is 0.505. The van der Waals surface area contributed by atoms with Gasteiger partial charge in [0.05, 0.1) is 13.4 Å². The third kappa shape index (κ3) is 3.42. The van der Waals surface area contributed by atoms with Gasteiger partial charge < -0.3 is 19.0 Å². The van der Waals surface area contributed by atoms with Gasteiger partial charge in [-0.2, -0.15) is 0 Å².